The fourth-order valence-corrected chi connectivity index (χ4v) is 1.85. The summed E-state index contributed by atoms with van der Waals surface area (Å²) in [5.74, 6) is 1.23. The third-order valence-corrected chi connectivity index (χ3v) is 3.32. The first kappa shape index (κ1) is 14.7. The zero-order valence-electron chi connectivity index (χ0n) is 13.1. The second kappa shape index (κ2) is 5.36. The van der Waals surface area contributed by atoms with E-state index < -0.39 is 0 Å². The van der Waals surface area contributed by atoms with E-state index in [0.29, 0.717) is 17.8 Å². The first-order chi connectivity index (χ1) is 9.31. The van der Waals surface area contributed by atoms with Crippen molar-refractivity contribution in [1.29, 1.82) is 0 Å². The van der Waals surface area contributed by atoms with Crippen LogP contribution in [0.1, 0.15) is 39.2 Å². The van der Waals surface area contributed by atoms with Crippen LogP contribution in [0.25, 0.3) is 11.6 Å². The van der Waals surface area contributed by atoms with E-state index in [0.717, 1.165) is 17.8 Å². The summed E-state index contributed by atoms with van der Waals surface area (Å²) < 4.78 is 7.14. The summed E-state index contributed by atoms with van der Waals surface area (Å²) in [6.07, 6.45) is 0.740. The molecule has 2 aromatic heterocycles. The Labute approximate surface area is 119 Å². The molecule has 0 saturated heterocycles. The summed E-state index contributed by atoms with van der Waals surface area (Å²) in [5.41, 5.74) is 1.86. The highest BCUT2D eigenvalue weighted by Gasteiger charge is 2.22. The Morgan fingerprint density at radius 3 is 2.65 bits per heavy atom. The van der Waals surface area contributed by atoms with Crippen molar-refractivity contribution in [2.45, 2.75) is 45.6 Å². The molecule has 0 aromatic carbocycles. The summed E-state index contributed by atoms with van der Waals surface area (Å²) in [5, 5.41) is 11.7. The number of hydrogen-bond acceptors (Lipinski definition) is 5. The lowest BCUT2D eigenvalue weighted by atomic mass is 9.92. The Balaban J connectivity index is 2.26. The highest BCUT2D eigenvalue weighted by Crippen LogP contribution is 2.25. The van der Waals surface area contributed by atoms with Gasteiger partial charge in [0.15, 0.2) is 5.82 Å². The quantitative estimate of drug-likeness (QED) is 0.924. The molecule has 0 saturated carbocycles. The van der Waals surface area contributed by atoms with Crippen LogP contribution in [0, 0.1) is 0 Å². The molecule has 110 valence electrons. The van der Waals surface area contributed by atoms with Gasteiger partial charge in [-0.3, -0.25) is 4.68 Å². The topological polar surface area (TPSA) is 68.8 Å². The second-order valence-electron chi connectivity index (χ2n) is 6.20. The van der Waals surface area contributed by atoms with Gasteiger partial charge in [-0.1, -0.05) is 25.9 Å². The van der Waals surface area contributed by atoms with Crippen molar-refractivity contribution in [1.82, 2.24) is 25.2 Å². The highest BCUT2D eigenvalue weighted by molar-refractivity contribution is 5.48. The normalized spacial score (nSPS) is 13.7. The zero-order chi connectivity index (χ0) is 14.9. The third-order valence-electron chi connectivity index (χ3n) is 3.32. The maximum atomic E-state index is 5.35. The zero-order valence-corrected chi connectivity index (χ0v) is 13.1. The van der Waals surface area contributed by atoms with Crippen molar-refractivity contribution in [2.24, 2.45) is 7.05 Å². The minimum Gasteiger partial charge on any atom is -0.332 e. The molecule has 2 aromatic rings. The van der Waals surface area contributed by atoms with Gasteiger partial charge in [0, 0.05) is 24.9 Å². The molecule has 1 atom stereocenters. The maximum Gasteiger partial charge on any atom is 0.276 e. The van der Waals surface area contributed by atoms with Crippen molar-refractivity contribution in [3.05, 3.63) is 17.6 Å². The molecule has 0 aliphatic heterocycles. The van der Waals surface area contributed by atoms with Crippen LogP contribution < -0.4 is 5.32 Å². The second-order valence-corrected chi connectivity index (χ2v) is 6.20. The van der Waals surface area contributed by atoms with Gasteiger partial charge >= 0.3 is 0 Å². The van der Waals surface area contributed by atoms with Gasteiger partial charge in [-0.2, -0.15) is 10.1 Å². The van der Waals surface area contributed by atoms with E-state index >= 15 is 0 Å². The lowest BCUT2D eigenvalue weighted by molar-refractivity contribution is 0.415. The summed E-state index contributed by atoms with van der Waals surface area (Å²) in [6, 6.07) is 2.33. The summed E-state index contributed by atoms with van der Waals surface area (Å²) in [4.78, 5) is 4.45. The molecule has 0 aliphatic rings. The standard InChI is InChI=1S/C14H23N5O/c1-9(15-5)7-12-16-13(20-18-12)10-8-11(14(2,3)4)17-19(10)6/h8-9,15H,7H2,1-6H3. The molecule has 0 aliphatic carbocycles. The minimum atomic E-state index is -0.000490. The van der Waals surface area contributed by atoms with Crippen LogP contribution in [-0.2, 0) is 18.9 Å². The van der Waals surface area contributed by atoms with Crippen molar-refractivity contribution in [2.75, 3.05) is 7.05 Å². The SMILES string of the molecule is CNC(C)Cc1noc(-c2cc(C(C)(C)C)nn2C)n1. The lowest BCUT2D eigenvalue weighted by Crippen LogP contribution is -2.24. The Bertz CT molecular complexity index is 579. The number of hydrogen-bond donors (Lipinski definition) is 1. The molecule has 0 spiro atoms. The molecule has 6 heteroatoms. The van der Waals surface area contributed by atoms with Crippen molar-refractivity contribution >= 4 is 0 Å². The fraction of sp³-hybridized carbons (Fsp3) is 0.643. The average Bonchev–Trinajstić information content (AvgIpc) is 2.94. The average molecular weight is 277 g/mol. The van der Waals surface area contributed by atoms with Gasteiger partial charge in [-0.05, 0) is 20.0 Å². The van der Waals surface area contributed by atoms with Crippen molar-refractivity contribution in [3.8, 4) is 11.6 Å². The van der Waals surface area contributed by atoms with E-state index in [2.05, 4.69) is 48.3 Å². The maximum absolute atomic E-state index is 5.35. The molecule has 2 heterocycles. The largest absolute Gasteiger partial charge is 0.332 e. The molecule has 0 fully saturated rings. The van der Waals surface area contributed by atoms with Crippen LogP contribution in [0.3, 0.4) is 0 Å². The van der Waals surface area contributed by atoms with Gasteiger partial charge in [-0.15, -0.1) is 0 Å². The first-order valence-electron chi connectivity index (χ1n) is 6.86. The number of likely N-dealkylation sites (N-methyl/N-ethyl adjacent to an activating group) is 1. The van der Waals surface area contributed by atoms with Crippen LogP contribution in [0.15, 0.2) is 10.6 Å². The predicted octanol–water partition coefficient (Wildman–Crippen LogP) is 1.92. The smallest absolute Gasteiger partial charge is 0.276 e. The van der Waals surface area contributed by atoms with Gasteiger partial charge < -0.3 is 9.84 Å². The molecule has 1 unspecified atom stereocenters. The van der Waals surface area contributed by atoms with E-state index in [-0.39, 0.29) is 5.41 Å². The summed E-state index contributed by atoms with van der Waals surface area (Å²) in [7, 11) is 3.81. The van der Waals surface area contributed by atoms with E-state index in [4.69, 9.17) is 4.52 Å². The Hall–Kier alpha value is -1.69. The number of nitrogens with zero attached hydrogens (tertiary/aromatic N) is 4. The van der Waals surface area contributed by atoms with E-state index in [1.54, 1.807) is 4.68 Å². The molecule has 0 bridgehead atoms. The molecule has 0 amide bonds. The number of nitrogens with one attached hydrogen (secondary N) is 1. The molecule has 20 heavy (non-hydrogen) atoms. The van der Waals surface area contributed by atoms with Crippen LogP contribution in [0.2, 0.25) is 0 Å². The summed E-state index contributed by atoms with van der Waals surface area (Å²) in [6.45, 7) is 8.48. The third kappa shape index (κ3) is 3.07. The lowest BCUT2D eigenvalue weighted by Gasteiger charge is -2.13. The number of aromatic nitrogens is 4. The first-order valence-corrected chi connectivity index (χ1v) is 6.86. The molecular formula is C14H23N5O. The number of rotatable bonds is 4. The summed E-state index contributed by atoms with van der Waals surface area (Å²) >= 11 is 0. The van der Waals surface area contributed by atoms with Crippen LogP contribution in [0.5, 0.6) is 0 Å². The minimum absolute atomic E-state index is 0.000490. The molecule has 0 radical (unpaired) electrons. The van der Waals surface area contributed by atoms with Crippen molar-refractivity contribution in [3.63, 3.8) is 0 Å². The fourth-order valence-electron chi connectivity index (χ4n) is 1.85. The Morgan fingerprint density at radius 2 is 2.10 bits per heavy atom. The molecule has 1 N–H and O–H groups in total. The number of aryl methyl sites for hydroxylation is 1. The van der Waals surface area contributed by atoms with Crippen LogP contribution in [0.4, 0.5) is 0 Å². The van der Waals surface area contributed by atoms with Gasteiger partial charge in [0.2, 0.25) is 0 Å². The van der Waals surface area contributed by atoms with Gasteiger partial charge in [-0.25, -0.2) is 0 Å². The van der Waals surface area contributed by atoms with E-state index in [1.807, 2.05) is 20.2 Å². The van der Waals surface area contributed by atoms with E-state index in [1.165, 1.54) is 0 Å². The van der Waals surface area contributed by atoms with Gasteiger partial charge in [0.1, 0.15) is 5.69 Å². The Morgan fingerprint density at radius 1 is 1.40 bits per heavy atom. The van der Waals surface area contributed by atoms with Gasteiger partial charge in [0.05, 0.1) is 5.69 Å². The predicted molar refractivity (Wildman–Crippen MR) is 77.4 cm³/mol. The highest BCUT2D eigenvalue weighted by atomic mass is 16.5. The van der Waals surface area contributed by atoms with Crippen molar-refractivity contribution < 1.29 is 4.52 Å². The Kier molecular flexibility index (Phi) is 3.94. The molecule has 6 nitrogen and oxygen atoms in total. The van der Waals surface area contributed by atoms with Crippen LogP contribution in [-0.4, -0.2) is 33.0 Å². The molecule has 2 rings (SSSR count). The van der Waals surface area contributed by atoms with Crippen LogP contribution >= 0.6 is 0 Å². The van der Waals surface area contributed by atoms with Gasteiger partial charge in [0.25, 0.3) is 5.89 Å². The monoisotopic (exact) mass is 277 g/mol. The van der Waals surface area contributed by atoms with E-state index in [9.17, 15) is 0 Å². The molecular weight excluding hydrogens is 254 g/mol.